The van der Waals surface area contributed by atoms with Crippen molar-refractivity contribution in [2.24, 2.45) is 11.1 Å². The summed E-state index contributed by atoms with van der Waals surface area (Å²) in [5, 5.41) is 0. The molecule has 0 saturated carbocycles. The van der Waals surface area contributed by atoms with Gasteiger partial charge in [0.15, 0.2) is 0 Å². The van der Waals surface area contributed by atoms with Gasteiger partial charge in [0.1, 0.15) is 0 Å². The van der Waals surface area contributed by atoms with Gasteiger partial charge in [-0.1, -0.05) is 38.1 Å². The molecule has 1 amide bonds. The summed E-state index contributed by atoms with van der Waals surface area (Å²) in [4.78, 5) is 16.9. The molecule has 0 radical (unpaired) electrons. The van der Waals surface area contributed by atoms with E-state index in [2.05, 4.69) is 43.0 Å². The second-order valence-corrected chi connectivity index (χ2v) is 7.43. The predicted octanol–water partition coefficient (Wildman–Crippen LogP) is 1.63. The first-order chi connectivity index (χ1) is 10.5. The Labute approximate surface area is 133 Å². The number of carbonyl (C=O) groups is 1. The molecule has 0 aromatic heterocycles. The molecular weight excluding hydrogens is 274 g/mol. The number of nitrogens with zero attached hydrogens (tertiary/aromatic N) is 2. The van der Waals surface area contributed by atoms with Crippen molar-refractivity contribution in [2.75, 3.05) is 26.2 Å². The maximum absolute atomic E-state index is 12.6. The molecule has 2 heterocycles. The molecule has 4 heteroatoms. The molecule has 22 heavy (non-hydrogen) atoms. The molecule has 4 nitrogen and oxygen atoms in total. The van der Waals surface area contributed by atoms with Gasteiger partial charge in [0.05, 0.1) is 6.54 Å². The molecule has 0 bridgehead atoms. The van der Waals surface area contributed by atoms with Crippen LogP contribution in [0.15, 0.2) is 24.3 Å². The van der Waals surface area contributed by atoms with E-state index in [4.69, 9.17) is 5.73 Å². The van der Waals surface area contributed by atoms with Gasteiger partial charge in [0, 0.05) is 32.2 Å². The lowest BCUT2D eigenvalue weighted by atomic mass is 9.80. The summed E-state index contributed by atoms with van der Waals surface area (Å²) in [6, 6.07) is 8.68. The third-order valence-electron chi connectivity index (χ3n) is 5.23. The number of rotatable bonds is 2. The van der Waals surface area contributed by atoms with E-state index in [1.165, 1.54) is 11.1 Å². The van der Waals surface area contributed by atoms with E-state index in [0.717, 1.165) is 39.0 Å². The SMILES string of the molecule is CC1(C)CN(CC(=O)N2CCc3ccccc3C2)CCC1N. The Morgan fingerprint density at radius 2 is 2.00 bits per heavy atom. The van der Waals surface area contributed by atoms with E-state index in [9.17, 15) is 4.79 Å². The highest BCUT2D eigenvalue weighted by molar-refractivity contribution is 5.78. The maximum atomic E-state index is 12.6. The summed E-state index contributed by atoms with van der Waals surface area (Å²) in [6.07, 6.45) is 1.95. The number of hydrogen-bond acceptors (Lipinski definition) is 3. The average molecular weight is 301 g/mol. The van der Waals surface area contributed by atoms with Crippen LogP contribution in [0.1, 0.15) is 31.4 Å². The molecule has 2 aliphatic heterocycles. The molecule has 120 valence electrons. The van der Waals surface area contributed by atoms with Crippen LogP contribution >= 0.6 is 0 Å². The van der Waals surface area contributed by atoms with Crippen LogP contribution in [0, 0.1) is 5.41 Å². The van der Waals surface area contributed by atoms with E-state index in [1.54, 1.807) is 0 Å². The number of carbonyl (C=O) groups excluding carboxylic acids is 1. The van der Waals surface area contributed by atoms with Gasteiger partial charge in [-0.15, -0.1) is 0 Å². The fourth-order valence-electron chi connectivity index (χ4n) is 3.62. The normalized spacial score (nSPS) is 24.9. The molecule has 1 aromatic carbocycles. The summed E-state index contributed by atoms with van der Waals surface area (Å²) < 4.78 is 0. The smallest absolute Gasteiger partial charge is 0.237 e. The molecule has 1 aromatic rings. The zero-order valence-corrected chi connectivity index (χ0v) is 13.7. The Morgan fingerprint density at radius 1 is 1.27 bits per heavy atom. The molecule has 1 saturated heterocycles. The maximum Gasteiger partial charge on any atom is 0.237 e. The van der Waals surface area contributed by atoms with Crippen molar-refractivity contribution in [3.63, 3.8) is 0 Å². The minimum Gasteiger partial charge on any atom is -0.337 e. The highest BCUT2D eigenvalue weighted by Gasteiger charge is 2.34. The summed E-state index contributed by atoms with van der Waals surface area (Å²) >= 11 is 0. The zero-order chi connectivity index (χ0) is 15.7. The predicted molar refractivity (Wildman–Crippen MR) is 88.4 cm³/mol. The second kappa shape index (κ2) is 6.01. The molecular formula is C18H27N3O. The average Bonchev–Trinajstić information content (AvgIpc) is 2.50. The highest BCUT2D eigenvalue weighted by Crippen LogP contribution is 2.27. The van der Waals surface area contributed by atoms with Crippen LogP contribution in [0.25, 0.3) is 0 Å². The standard InChI is InChI=1S/C18H27N3O/c1-18(2)13-20(9-8-16(18)19)12-17(22)21-10-7-14-5-3-4-6-15(14)11-21/h3-6,16H,7-13,19H2,1-2H3. The molecule has 2 N–H and O–H groups in total. The minimum atomic E-state index is 0.0903. The van der Waals surface area contributed by atoms with Gasteiger partial charge in [-0.05, 0) is 29.4 Å². The summed E-state index contributed by atoms with van der Waals surface area (Å²) in [5.41, 5.74) is 8.95. The molecule has 3 rings (SSSR count). The first kappa shape index (κ1) is 15.5. The van der Waals surface area contributed by atoms with Crippen molar-refractivity contribution in [1.29, 1.82) is 0 Å². The highest BCUT2D eigenvalue weighted by atomic mass is 16.2. The number of hydrogen-bond donors (Lipinski definition) is 1. The van der Waals surface area contributed by atoms with Gasteiger partial charge in [-0.3, -0.25) is 9.69 Å². The van der Waals surface area contributed by atoms with E-state index in [-0.39, 0.29) is 17.4 Å². The molecule has 0 spiro atoms. The fourth-order valence-corrected chi connectivity index (χ4v) is 3.62. The van der Waals surface area contributed by atoms with Crippen LogP contribution < -0.4 is 5.73 Å². The quantitative estimate of drug-likeness (QED) is 0.903. The molecule has 2 aliphatic rings. The summed E-state index contributed by atoms with van der Waals surface area (Å²) in [6.45, 7) is 8.36. The molecule has 1 atom stereocenters. The Hall–Kier alpha value is -1.39. The van der Waals surface area contributed by atoms with Crippen molar-refractivity contribution >= 4 is 5.91 Å². The van der Waals surface area contributed by atoms with E-state index < -0.39 is 0 Å². The van der Waals surface area contributed by atoms with Gasteiger partial charge in [0.2, 0.25) is 5.91 Å². The van der Waals surface area contributed by atoms with Crippen LogP contribution in [0.3, 0.4) is 0 Å². The van der Waals surface area contributed by atoms with Crippen LogP contribution in [-0.2, 0) is 17.8 Å². The lowest BCUT2D eigenvalue weighted by molar-refractivity contribution is -0.134. The Kier molecular flexibility index (Phi) is 4.24. The summed E-state index contributed by atoms with van der Waals surface area (Å²) in [7, 11) is 0. The second-order valence-electron chi connectivity index (χ2n) is 7.43. The van der Waals surface area contributed by atoms with Gasteiger partial charge >= 0.3 is 0 Å². The molecule has 1 fully saturated rings. The summed E-state index contributed by atoms with van der Waals surface area (Å²) in [5.74, 6) is 0.251. The van der Waals surface area contributed by atoms with E-state index >= 15 is 0 Å². The topological polar surface area (TPSA) is 49.6 Å². The number of amides is 1. The number of fused-ring (bicyclic) bond motifs is 1. The van der Waals surface area contributed by atoms with Crippen LogP contribution in [0.5, 0.6) is 0 Å². The zero-order valence-electron chi connectivity index (χ0n) is 13.7. The van der Waals surface area contributed by atoms with Crippen LogP contribution in [-0.4, -0.2) is 47.9 Å². The van der Waals surface area contributed by atoms with Crippen LogP contribution in [0.2, 0.25) is 0 Å². The number of piperidine rings is 1. The first-order valence-electron chi connectivity index (χ1n) is 8.28. The monoisotopic (exact) mass is 301 g/mol. The Bertz CT molecular complexity index is 555. The third kappa shape index (κ3) is 3.18. The lowest BCUT2D eigenvalue weighted by Crippen LogP contribution is -2.54. The number of likely N-dealkylation sites (tertiary alicyclic amines) is 1. The lowest BCUT2D eigenvalue weighted by Gasteiger charge is -2.43. The van der Waals surface area contributed by atoms with Crippen molar-refractivity contribution in [3.8, 4) is 0 Å². The van der Waals surface area contributed by atoms with Crippen LogP contribution in [0.4, 0.5) is 0 Å². The van der Waals surface area contributed by atoms with Crippen molar-refractivity contribution in [1.82, 2.24) is 9.80 Å². The number of benzene rings is 1. The van der Waals surface area contributed by atoms with Gasteiger partial charge in [-0.25, -0.2) is 0 Å². The van der Waals surface area contributed by atoms with Gasteiger partial charge in [-0.2, -0.15) is 0 Å². The molecule has 1 unspecified atom stereocenters. The third-order valence-corrected chi connectivity index (χ3v) is 5.23. The van der Waals surface area contributed by atoms with E-state index in [0.29, 0.717) is 6.54 Å². The largest absolute Gasteiger partial charge is 0.337 e. The van der Waals surface area contributed by atoms with Gasteiger partial charge < -0.3 is 10.6 Å². The van der Waals surface area contributed by atoms with E-state index in [1.807, 2.05) is 4.90 Å². The number of nitrogens with two attached hydrogens (primary N) is 1. The molecule has 0 aliphatic carbocycles. The fraction of sp³-hybridized carbons (Fsp3) is 0.611. The van der Waals surface area contributed by atoms with Gasteiger partial charge in [0.25, 0.3) is 0 Å². The Morgan fingerprint density at radius 3 is 2.73 bits per heavy atom. The minimum absolute atomic E-state index is 0.0903. The van der Waals surface area contributed by atoms with Crippen molar-refractivity contribution < 1.29 is 4.79 Å². The Balaban J connectivity index is 1.59. The van der Waals surface area contributed by atoms with Crippen molar-refractivity contribution in [2.45, 2.75) is 39.3 Å². The first-order valence-corrected chi connectivity index (χ1v) is 8.28. The van der Waals surface area contributed by atoms with Crippen molar-refractivity contribution in [3.05, 3.63) is 35.4 Å².